The molecule has 0 atom stereocenters. The van der Waals surface area contributed by atoms with Crippen LogP contribution >= 0.6 is 11.3 Å². The minimum atomic E-state index is -0.0535. The lowest BCUT2D eigenvalue weighted by Crippen LogP contribution is -2.15. The van der Waals surface area contributed by atoms with E-state index in [1.807, 2.05) is 4.52 Å². The van der Waals surface area contributed by atoms with Crippen LogP contribution in [0.5, 0.6) is 0 Å². The Morgan fingerprint density at radius 1 is 1.39 bits per heavy atom. The Morgan fingerprint density at radius 3 is 2.61 bits per heavy atom. The zero-order valence-corrected chi connectivity index (χ0v) is 11.9. The Labute approximate surface area is 111 Å². The molecule has 0 aromatic carbocycles. The van der Waals surface area contributed by atoms with Crippen molar-refractivity contribution in [1.82, 2.24) is 14.6 Å². The van der Waals surface area contributed by atoms with Crippen molar-refractivity contribution in [3.63, 3.8) is 0 Å². The molecular weight excluding hydrogens is 246 g/mol. The SMILES string of the molecule is CC(C)(C)c1nc2sc(C3CCC3)nn2c1CO. The Hall–Kier alpha value is -0.940. The number of nitrogens with zero attached hydrogens (tertiary/aromatic N) is 3. The molecule has 0 unspecified atom stereocenters. The van der Waals surface area contributed by atoms with Crippen LogP contribution in [0.15, 0.2) is 0 Å². The van der Waals surface area contributed by atoms with Gasteiger partial charge in [-0.3, -0.25) is 0 Å². The van der Waals surface area contributed by atoms with Crippen LogP contribution in [0.3, 0.4) is 0 Å². The smallest absolute Gasteiger partial charge is 0.212 e. The first kappa shape index (κ1) is 12.1. The first-order valence-corrected chi connectivity index (χ1v) is 7.32. The van der Waals surface area contributed by atoms with Crippen molar-refractivity contribution >= 4 is 16.3 Å². The molecule has 2 aromatic heterocycles. The summed E-state index contributed by atoms with van der Waals surface area (Å²) in [4.78, 5) is 5.60. The molecule has 0 bridgehead atoms. The van der Waals surface area contributed by atoms with Gasteiger partial charge in [-0.05, 0) is 12.8 Å². The number of aliphatic hydroxyl groups is 1. The fraction of sp³-hybridized carbons (Fsp3) is 0.692. The predicted molar refractivity (Wildman–Crippen MR) is 72.1 cm³/mol. The third-order valence-electron chi connectivity index (χ3n) is 3.63. The highest BCUT2D eigenvalue weighted by Gasteiger charge is 2.28. The summed E-state index contributed by atoms with van der Waals surface area (Å²) < 4.78 is 1.85. The second-order valence-electron chi connectivity index (χ2n) is 6.08. The van der Waals surface area contributed by atoms with Gasteiger partial charge in [0.2, 0.25) is 4.96 Å². The summed E-state index contributed by atoms with van der Waals surface area (Å²) in [5, 5.41) is 15.4. The second-order valence-corrected chi connectivity index (χ2v) is 7.07. The molecule has 1 aliphatic rings. The normalized spacial score (nSPS) is 17.3. The van der Waals surface area contributed by atoms with E-state index in [2.05, 4.69) is 30.9 Å². The van der Waals surface area contributed by atoms with Gasteiger partial charge >= 0.3 is 0 Å². The first-order valence-electron chi connectivity index (χ1n) is 6.50. The van der Waals surface area contributed by atoms with E-state index in [1.54, 1.807) is 11.3 Å². The molecule has 2 heterocycles. The van der Waals surface area contributed by atoms with Crippen LogP contribution in [-0.2, 0) is 12.0 Å². The van der Waals surface area contributed by atoms with E-state index in [-0.39, 0.29) is 12.0 Å². The highest BCUT2D eigenvalue weighted by molar-refractivity contribution is 7.16. The van der Waals surface area contributed by atoms with Crippen molar-refractivity contribution in [3.8, 4) is 0 Å². The molecule has 0 aliphatic heterocycles. The van der Waals surface area contributed by atoms with E-state index in [9.17, 15) is 5.11 Å². The van der Waals surface area contributed by atoms with Gasteiger partial charge in [-0.1, -0.05) is 38.5 Å². The molecule has 0 radical (unpaired) electrons. The molecular formula is C13H19N3OS. The van der Waals surface area contributed by atoms with Gasteiger partial charge < -0.3 is 5.11 Å². The lowest BCUT2D eigenvalue weighted by molar-refractivity contribution is 0.270. The van der Waals surface area contributed by atoms with E-state index >= 15 is 0 Å². The third kappa shape index (κ3) is 1.77. The zero-order valence-electron chi connectivity index (χ0n) is 11.1. The fourth-order valence-corrected chi connectivity index (χ4v) is 3.45. The molecule has 5 heteroatoms. The Balaban J connectivity index is 2.10. The maximum Gasteiger partial charge on any atom is 0.212 e. The van der Waals surface area contributed by atoms with Crippen LogP contribution in [0.1, 0.15) is 62.3 Å². The van der Waals surface area contributed by atoms with Gasteiger partial charge in [0.15, 0.2) is 0 Å². The lowest BCUT2D eigenvalue weighted by atomic mass is 9.86. The van der Waals surface area contributed by atoms with Gasteiger partial charge in [0.05, 0.1) is 18.0 Å². The minimum Gasteiger partial charge on any atom is -0.390 e. The van der Waals surface area contributed by atoms with Crippen molar-refractivity contribution in [2.75, 3.05) is 0 Å². The summed E-state index contributed by atoms with van der Waals surface area (Å²) in [6, 6.07) is 0. The number of hydrogen-bond donors (Lipinski definition) is 1. The summed E-state index contributed by atoms with van der Waals surface area (Å²) in [5.74, 6) is 0.626. The summed E-state index contributed by atoms with van der Waals surface area (Å²) in [6.07, 6.45) is 3.81. The predicted octanol–water partition coefficient (Wildman–Crippen LogP) is 2.85. The van der Waals surface area contributed by atoms with Gasteiger partial charge in [-0.2, -0.15) is 5.10 Å². The van der Waals surface area contributed by atoms with E-state index in [4.69, 9.17) is 0 Å². The topological polar surface area (TPSA) is 50.4 Å². The van der Waals surface area contributed by atoms with Crippen LogP contribution in [0.4, 0.5) is 0 Å². The molecule has 18 heavy (non-hydrogen) atoms. The Bertz CT molecular complexity index is 575. The van der Waals surface area contributed by atoms with Crippen molar-refractivity contribution in [2.24, 2.45) is 0 Å². The molecule has 0 saturated heterocycles. The molecule has 98 valence electrons. The molecule has 1 N–H and O–H groups in total. The van der Waals surface area contributed by atoms with Crippen LogP contribution < -0.4 is 0 Å². The van der Waals surface area contributed by atoms with Crippen molar-refractivity contribution in [3.05, 3.63) is 16.4 Å². The molecule has 1 aliphatic carbocycles. The number of hydrogen-bond acceptors (Lipinski definition) is 4. The van der Waals surface area contributed by atoms with Crippen molar-refractivity contribution in [1.29, 1.82) is 0 Å². The Kier molecular flexibility index (Phi) is 2.71. The van der Waals surface area contributed by atoms with E-state index in [1.165, 1.54) is 24.3 Å². The summed E-state index contributed by atoms with van der Waals surface area (Å²) in [6.45, 7) is 6.35. The van der Waals surface area contributed by atoms with E-state index < -0.39 is 0 Å². The second kappa shape index (κ2) is 4.03. The van der Waals surface area contributed by atoms with Gasteiger partial charge in [-0.25, -0.2) is 9.50 Å². The first-order chi connectivity index (χ1) is 8.50. The molecule has 1 fully saturated rings. The van der Waals surface area contributed by atoms with E-state index in [0.29, 0.717) is 5.92 Å². The molecule has 0 amide bonds. The number of aliphatic hydroxyl groups excluding tert-OH is 1. The van der Waals surface area contributed by atoms with Crippen molar-refractivity contribution in [2.45, 2.75) is 58.0 Å². The van der Waals surface area contributed by atoms with Crippen LogP contribution in [-0.4, -0.2) is 19.7 Å². The van der Waals surface area contributed by atoms with Crippen LogP contribution in [0, 0.1) is 0 Å². The number of imidazole rings is 1. The third-order valence-corrected chi connectivity index (χ3v) is 4.70. The number of rotatable bonds is 2. The number of aromatic nitrogens is 3. The maximum absolute atomic E-state index is 9.59. The number of fused-ring (bicyclic) bond motifs is 1. The molecule has 1 saturated carbocycles. The van der Waals surface area contributed by atoms with E-state index in [0.717, 1.165) is 16.3 Å². The highest BCUT2D eigenvalue weighted by Crippen LogP contribution is 2.39. The largest absolute Gasteiger partial charge is 0.390 e. The minimum absolute atomic E-state index is 0.00160. The molecule has 4 nitrogen and oxygen atoms in total. The van der Waals surface area contributed by atoms with Crippen LogP contribution in [0.25, 0.3) is 4.96 Å². The summed E-state index contributed by atoms with van der Waals surface area (Å²) in [7, 11) is 0. The summed E-state index contributed by atoms with van der Waals surface area (Å²) in [5.41, 5.74) is 1.76. The average Bonchev–Trinajstić information content (AvgIpc) is 2.69. The highest BCUT2D eigenvalue weighted by atomic mass is 32.1. The van der Waals surface area contributed by atoms with Gasteiger partial charge in [0.1, 0.15) is 5.01 Å². The van der Waals surface area contributed by atoms with Crippen molar-refractivity contribution < 1.29 is 5.11 Å². The molecule has 2 aromatic rings. The van der Waals surface area contributed by atoms with Gasteiger partial charge in [0, 0.05) is 11.3 Å². The lowest BCUT2D eigenvalue weighted by Gasteiger charge is -2.22. The maximum atomic E-state index is 9.59. The quantitative estimate of drug-likeness (QED) is 0.908. The zero-order chi connectivity index (χ0) is 12.9. The Morgan fingerprint density at radius 2 is 2.11 bits per heavy atom. The molecule has 3 rings (SSSR count). The molecule has 0 spiro atoms. The monoisotopic (exact) mass is 265 g/mol. The standard InChI is InChI=1S/C13H19N3OS/c1-13(2,3)10-9(7-17)16-12(14-10)18-11(15-16)8-5-4-6-8/h8,17H,4-7H2,1-3H3. The van der Waals surface area contributed by atoms with Gasteiger partial charge in [-0.15, -0.1) is 0 Å². The summed E-state index contributed by atoms with van der Waals surface area (Å²) >= 11 is 1.68. The van der Waals surface area contributed by atoms with Gasteiger partial charge in [0.25, 0.3) is 0 Å². The average molecular weight is 265 g/mol. The van der Waals surface area contributed by atoms with Crippen LogP contribution in [0.2, 0.25) is 0 Å². The fourth-order valence-electron chi connectivity index (χ4n) is 2.37.